The number of nitrogens with one attached hydrogen (secondary N) is 1. The molecule has 2 N–H and O–H groups in total. The first kappa shape index (κ1) is 22.4. The summed E-state index contributed by atoms with van der Waals surface area (Å²) in [7, 11) is 1.44. The zero-order valence-electron chi connectivity index (χ0n) is 18.9. The number of methoxy groups -OCH3 is 1. The number of rotatable bonds is 5. The minimum atomic E-state index is -0.782. The van der Waals surface area contributed by atoms with Crippen molar-refractivity contribution in [2.24, 2.45) is 4.99 Å². The maximum atomic E-state index is 13.6. The topological polar surface area (TPSA) is 106 Å². The summed E-state index contributed by atoms with van der Waals surface area (Å²) in [5.74, 6) is -0.182. The molecule has 1 atom stereocenters. The summed E-state index contributed by atoms with van der Waals surface area (Å²) in [6, 6.07) is 14.8. The molecule has 4 aromatic rings. The minimum Gasteiger partial charge on any atom is -0.504 e. The number of phenolic OH excluding ortho intramolecular Hbond substituents is 1. The molecule has 2 aromatic carbocycles. The number of furan rings is 1. The highest BCUT2D eigenvalue weighted by atomic mass is 32.1. The Morgan fingerprint density at radius 1 is 1.23 bits per heavy atom. The molecule has 0 fully saturated rings. The second kappa shape index (κ2) is 9.11. The third kappa shape index (κ3) is 4.17. The lowest BCUT2D eigenvalue weighted by Gasteiger charge is -2.25. The molecule has 0 aliphatic carbocycles. The first-order chi connectivity index (χ1) is 17.0. The molecule has 3 heterocycles. The van der Waals surface area contributed by atoms with E-state index in [-0.39, 0.29) is 23.0 Å². The molecule has 0 bridgehead atoms. The van der Waals surface area contributed by atoms with Crippen LogP contribution in [0.5, 0.6) is 11.5 Å². The van der Waals surface area contributed by atoms with E-state index in [9.17, 15) is 14.7 Å². The largest absolute Gasteiger partial charge is 0.504 e. The van der Waals surface area contributed by atoms with Crippen molar-refractivity contribution in [2.75, 3.05) is 12.4 Å². The predicted octanol–water partition coefficient (Wildman–Crippen LogP) is 3.18. The Hall–Kier alpha value is -4.37. The number of allylic oxidation sites excluding steroid dienone is 1. The molecule has 0 saturated heterocycles. The smallest absolute Gasteiger partial charge is 0.271 e. The Bertz CT molecular complexity index is 1620. The van der Waals surface area contributed by atoms with Crippen LogP contribution in [0.4, 0.5) is 5.69 Å². The van der Waals surface area contributed by atoms with Gasteiger partial charge in [-0.1, -0.05) is 35.6 Å². The maximum Gasteiger partial charge on any atom is 0.271 e. The molecule has 9 heteroatoms. The predicted molar refractivity (Wildman–Crippen MR) is 132 cm³/mol. The van der Waals surface area contributed by atoms with Crippen LogP contribution in [0.1, 0.15) is 24.1 Å². The molecule has 0 spiro atoms. The van der Waals surface area contributed by atoms with Gasteiger partial charge in [0, 0.05) is 11.3 Å². The lowest BCUT2D eigenvalue weighted by molar-refractivity contribution is -0.113. The molecule has 1 aliphatic heterocycles. The summed E-state index contributed by atoms with van der Waals surface area (Å²) in [4.78, 5) is 32.2. The molecule has 8 nitrogen and oxygen atoms in total. The van der Waals surface area contributed by atoms with Crippen molar-refractivity contribution in [1.82, 2.24) is 4.57 Å². The van der Waals surface area contributed by atoms with Gasteiger partial charge >= 0.3 is 0 Å². The second-order valence-electron chi connectivity index (χ2n) is 7.89. The average molecular weight is 488 g/mol. The number of fused-ring (bicyclic) bond motifs is 1. The molecular weight excluding hydrogens is 466 g/mol. The summed E-state index contributed by atoms with van der Waals surface area (Å²) < 4.78 is 12.4. The van der Waals surface area contributed by atoms with Crippen LogP contribution >= 0.6 is 11.3 Å². The molecule has 1 aliphatic rings. The monoisotopic (exact) mass is 487 g/mol. The van der Waals surface area contributed by atoms with Gasteiger partial charge in [0.1, 0.15) is 0 Å². The van der Waals surface area contributed by atoms with Crippen molar-refractivity contribution in [2.45, 2.75) is 13.0 Å². The number of hydrogen-bond acceptors (Lipinski definition) is 7. The summed E-state index contributed by atoms with van der Waals surface area (Å²) in [6.45, 7) is 1.75. The minimum absolute atomic E-state index is 0.0420. The number of amides is 1. The Labute approximate surface area is 203 Å². The second-order valence-corrected chi connectivity index (χ2v) is 8.90. The fourth-order valence-electron chi connectivity index (χ4n) is 4.02. The van der Waals surface area contributed by atoms with Gasteiger partial charge in [-0.2, -0.15) is 0 Å². The van der Waals surface area contributed by atoms with Crippen LogP contribution < -0.4 is 24.9 Å². The zero-order chi connectivity index (χ0) is 24.5. The third-order valence-electron chi connectivity index (χ3n) is 5.66. The molecule has 35 heavy (non-hydrogen) atoms. The molecule has 176 valence electrons. The Morgan fingerprint density at radius 3 is 2.74 bits per heavy atom. The van der Waals surface area contributed by atoms with Gasteiger partial charge in [-0.05, 0) is 48.9 Å². The van der Waals surface area contributed by atoms with Crippen molar-refractivity contribution in [3.63, 3.8) is 0 Å². The van der Waals surface area contributed by atoms with Crippen LogP contribution in [-0.4, -0.2) is 22.7 Å². The SMILES string of the molecule is COc1cc([C@H]2C(C(=O)Nc3ccccc3)=C(C)N=c3s/c(=C/c4ccoc4)c(=O)n32)ccc1O. The van der Waals surface area contributed by atoms with E-state index in [1.165, 1.54) is 35.3 Å². The highest BCUT2D eigenvalue weighted by Gasteiger charge is 2.33. The van der Waals surface area contributed by atoms with Crippen molar-refractivity contribution in [3.8, 4) is 11.5 Å². The summed E-state index contributed by atoms with van der Waals surface area (Å²) in [5, 5.41) is 13.0. The first-order valence-electron chi connectivity index (χ1n) is 10.7. The Balaban J connectivity index is 1.71. The van der Waals surface area contributed by atoms with E-state index in [0.29, 0.717) is 31.9 Å². The van der Waals surface area contributed by atoms with Gasteiger partial charge in [-0.3, -0.25) is 14.2 Å². The van der Waals surface area contributed by atoms with Crippen LogP contribution in [0.2, 0.25) is 0 Å². The van der Waals surface area contributed by atoms with Crippen LogP contribution in [0.15, 0.2) is 92.6 Å². The zero-order valence-corrected chi connectivity index (χ0v) is 19.7. The van der Waals surface area contributed by atoms with Crippen molar-refractivity contribution in [3.05, 3.63) is 109 Å². The van der Waals surface area contributed by atoms with E-state index in [0.717, 1.165) is 5.56 Å². The third-order valence-corrected chi connectivity index (χ3v) is 6.64. The number of anilines is 1. The quantitative estimate of drug-likeness (QED) is 0.450. The summed E-state index contributed by atoms with van der Waals surface area (Å²) >= 11 is 1.23. The average Bonchev–Trinajstić information content (AvgIpc) is 3.47. The van der Waals surface area contributed by atoms with Gasteiger partial charge in [0.25, 0.3) is 11.5 Å². The molecule has 0 saturated carbocycles. The van der Waals surface area contributed by atoms with E-state index in [1.54, 1.807) is 49.6 Å². The van der Waals surface area contributed by atoms with Crippen molar-refractivity contribution >= 4 is 29.0 Å². The van der Waals surface area contributed by atoms with Gasteiger partial charge in [0.2, 0.25) is 0 Å². The van der Waals surface area contributed by atoms with E-state index in [1.807, 2.05) is 18.2 Å². The van der Waals surface area contributed by atoms with Gasteiger partial charge in [0.05, 0.1) is 41.5 Å². The number of thiazole rings is 1. The lowest BCUT2D eigenvalue weighted by Crippen LogP contribution is -2.40. The molecule has 5 rings (SSSR count). The van der Waals surface area contributed by atoms with Crippen molar-refractivity contribution < 1.29 is 19.1 Å². The van der Waals surface area contributed by atoms with E-state index in [2.05, 4.69) is 10.3 Å². The van der Waals surface area contributed by atoms with Gasteiger partial charge in [0.15, 0.2) is 16.3 Å². The standard InChI is InChI=1S/C26H21N3O5S/c1-15-22(24(31)28-18-6-4-3-5-7-18)23(17-8-9-19(30)20(13-17)33-2)29-25(32)21(35-26(29)27-15)12-16-10-11-34-14-16/h3-14,23,30H,1-2H3,(H,28,31)/b21-12+/t23-/m0/s1. The highest BCUT2D eigenvalue weighted by molar-refractivity contribution is 7.07. The number of benzene rings is 2. The number of hydrogen-bond donors (Lipinski definition) is 2. The Kier molecular flexibility index (Phi) is 5.84. The van der Waals surface area contributed by atoms with Crippen LogP contribution in [0.3, 0.4) is 0 Å². The normalized spacial score (nSPS) is 15.5. The van der Waals surface area contributed by atoms with Gasteiger partial charge in [-0.15, -0.1) is 0 Å². The molecular formula is C26H21N3O5S. The lowest BCUT2D eigenvalue weighted by atomic mass is 9.94. The fourth-order valence-corrected chi connectivity index (χ4v) is 5.07. The summed E-state index contributed by atoms with van der Waals surface area (Å²) in [6.07, 6.45) is 4.81. The molecule has 2 aromatic heterocycles. The van der Waals surface area contributed by atoms with Gasteiger partial charge < -0.3 is 19.6 Å². The summed E-state index contributed by atoms with van der Waals surface area (Å²) in [5.41, 5.74) is 2.50. The number of aromatic hydroxyl groups is 1. The number of carbonyl (C=O) groups excluding carboxylic acids is 1. The Morgan fingerprint density at radius 2 is 2.03 bits per heavy atom. The number of para-hydroxylation sites is 1. The van der Waals surface area contributed by atoms with E-state index < -0.39 is 6.04 Å². The van der Waals surface area contributed by atoms with Gasteiger partial charge in [-0.25, -0.2) is 4.99 Å². The van der Waals surface area contributed by atoms with E-state index in [4.69, 9.17) is 9.15 Å². The molecule has 0 unspecified atom stereocenters. The number of aromatic nitrogens is 1. The molecule has 0 radical (unpaired) electrons. The fraction of sp³-hybridized carbons (Fsp3) is 0.115. The molecule has 1 amide bonds. The van der Waals surface area contributed by atoms with Crippen LogP contribution in [0, 0.1) is 0 Å². The number of phenols is 1. The first-order valence-corrected chi connectivity index (χ1v) is 11.6. The van der Waals surface area contributed by atoms with Crippen LogP contribution in [-0.2, 0) is 4.79 Å². The van der Waals surface area contributed by atoms with E-state index >= 15 is 0 Å². The number of ether oxygens (including phenoxy) is 1. The number of carbonyl (C=O) groups is 1. The highest BCUT2D eigenvalue weighted by Crippen LogP contribution is 2.35. The van der Waals surface area contributed by atoms with Crippen molar-refractivity contribution in [1.29, 1.82) is 0 Å². The van der Waals surface area contributed by atoms with Crippen LogP contribution in [0.25, 0.3) is 6.08 Å². The number of nitrogens with zero attached hydrogens (tertiary/aromatic N) is 2. The maximum absolute atomic E-state index is 13.6.